The summed E-state index contributed by atoms with van der Waals surface area (Å²) < 4.78 is 0. The molecule has 0 bridgehead atoms. The number of rotatable bonds is 4. The van der Waals surface area contributed by atoms with E-state index in [1.54, 1.807) is 12.4 Å². The molecule has 0 aliphatic carbocycles. The molecule has 1 heterocycles. The summed E-state index contributed by atoms with van der Waals surface area (Å²) in [5.74, 6) is 0.184. The van der Waals surface area contributed by atoms with Gasteiger partial charge in [-0.05, 0) is 39.7 Å². The normalized spacial score (nSPS) is 11.3. The van der Waals surface area contributed by atoms with E-state index in [1.807, 2.05) is 11.8 Å². The number of hydrogen-bond donors (Lipinski definition) is 0. The maximum Gasteiger partial charge on any atom is 0.223 e. The number of nitrogens with zero attached hydrogens (tertiary/aromatic N) is 3. The molecule has 0 spiro atoms. The van der Waals surface area contributed by atoms with Gasteiger partial charge in [0.2, 0.25) is 5.91 Å². The van der Waals surface area contributed by atoms with E-state index in [0.717, 1.165) is 12.1 Å². The molecule has 94 valence electrons. The van der Waals surface area contributed by atoms with Crippen LogP contribution in [0.15, 0.2) is 18.7 Å². The largest absolute Gasteiger partial charge is 0.338 e. The zero-order valence-corrected chi connectivity index (χ0v) is 11.1. The molecule has 17 heavy (non-hydrogen) atoms. The molecular formula is C13H21N3O. The number of aromatic nitrogens is 2. The fourth-order valence-corrected chi connectivity index (χ4v) is 1.87. The minimum Gasteiger partial charge on any atom is -0.338 e. The van der Waals surface area contributed by atoms with Gasteiger partial charge in [0.25, 0.3) is 0 Å². The molecule has 1 aromatic rings. The first-order valence-electron chi connectivity index (χ1n) is 5.99. The smallest absolute Gasteiger partial charge is 0.223 e. The summed E-state index contributed by atoms with van der Waals surface area (Å²) in [6.45, 7) is 8.92. The van der Waals surface area contributed by atoms with Gasteiger partial charge in [0.15, 0.2) is 0 Å². The Kier molecular flexibility index (Phi) is 4.61. The van der Waals surface area contributed by atoms with Crippen LogP contribution in [0.4, 0.5) is 0 Å². The second kappa shape index (κ2) is 5.75. The fourth-order valence-electron chi connectivity index (χ4n) is 1.87. The lowest BCUT2D eigenvalue weighted by molar-refractivity contribution is -0.135. The highest BCUT2D eigenvalue weighted by Gasteiger charge is 2.24. The highest BCUT2D eigenvalue weighted by Crippen LogP contribution is 2.15. The number of amides is 1. The van der Waals surface area contributed by atoms with Gasteiger partial charge in [0, 0.05) is 30.9 Å². The Bertz CT molecular complexity index is 357. The van der Waals surface area contributed by atoms with E-state index in [4.69, 9.17) is 0 Å². The summed E-state index contributed by atoms with van der Waals surface area (Å²) in [7, 11) is 0. The molecule has 1 amide bonds. The zero-order valence-electron chi connectivity index (χ0n) is 11.1. The summed E-state index contributed by atoms with van der Waals surface area (Å²) >= 11 is 0. The Balaban J connectivity index is 2.55. The van der Waals surface area contributed by atoms with E-state index in [9.17, 15) is 4.79 Å². The van der Waals surface area contributed by atoms with Crippen molar-refractivity contribution in [2.45, 2.75) is 46.1 Å². The van der Waals surface area contributed by atoms with Crippen molar-refractivity contribution in [3.05, 3.63) is 24.3 Å². The standard InChI is InChI=1S/C13H21N3O/c1-5-16(13(2,3)4)12(17)7-6-11-8-14-10-15-9-11/h8-10H,5-7H2,1-4H3. The Hall–Kier alpha value is -1.45. The average Bonchev–Trinajstić information content (AvgIpc) is 2.27. The monoisotopic (exact) mass is 235 g/mol. The predicted octanol–water partition coefficient (Wildman–Crippen LogP) is 2.06. The summed E-state index contributed by atoms with van der Waals surface area (Å²) in [5, 5.41) is 0. The Morgan fingerprint density at radius 1 is 1.29 bits per heavy atom. The number of carbonyl (C=O) groups excluding carboxylic acids is 1. The van der Waals surface area contributed by atoms with Gasteiger partial charge in [0.05, 0.1) is 0 Å². The van der Waals surface area contributed by atoms with Crippen molar-refractivity contribution >= 4 is 5.91 Å². The van der Waals surface area contributed by atoms with Crippen LogP contribution in [-0.2, 0) is 11.2 Å². The van der Waals surface area contributed by atoms with Crippen molar-refractivity contribution in [3.8, 4) is 0 Å². The van der Waals surface area contributed by atoms with Crippen molar-refractivity contribution < 1.29 is 4.79 Å². The van der Waals surface area contributed by atoms with Gasteiger partial charge in [-0.25, -0.2) is 9.97 Å². The van der Waals surface area contributed by atoms with Gasteiger partial charge < -0.3 is 4.90 Å². The van der Waals surface area contributed by atoms with Gasteiger partial charge in [0.1, 0.15) is 6.33 Å². The van der Waals surface area contributed by atoms with Crippen molar-refractivity contribution in [1.29, 1.82) is 0 Å². The van der Waals surface area contributed by atoms with Crippen LogP contribution in [0, 0.1) is 0 Å². The van der Waals surface area contributed by atoms with E-state index < -0.39 is 0 Å². The highest BCUT2D eigenvalue weighted by atomic mass is 16.2. The second-order valence-electron chi connectivity index (χ2n) is 5.06. The summed E-state index contributed by atoms with van der Waals surface area (Å²) in [5.41, 5.74) is 0.893. The summed E-state index contributed by atoms with van der Waals surface area (Å²) in [6, 6.07) is 0. The van der Waals surface area contributed by atoms with Crippen LogP contribution in [0.1, 0.15) is 39.7 Å². The molecule has 0 aliphatic rings. The summed E-state index contributed by atoms with van der Waals surface area (Å²) in [6.07, 6.45) is 6.23. The van der Waals surface area contributed by atoms with Crippen LogP contribution in [-0.4, -0.2) is 32.9 Å². The molecule has 0 N–H and O–H groups in total. The first-order chi connectivity index (χ1) is 7.95. The second-order valence-corrected chi connectivity index (χ2v) is 5.06. The Morgan fingerprint density at radius 2 is 1.88 bits per heavy atom. The van der Waals surface area contributed by atoms with Crippen LogP contribution in [0.25, 0.3) is 0 Å². The minimum atomic E-state index is -0.112. The molecule has 0 radical (unpaired) electrons. The van der Waals surface area contributed by atoms with Crippen LogP contribution in [0.5, 0.6) is 0 Å². The molecule has 0 unspecified atom stereocenters. The van der Waals surface area contributed by atoms with Crippen molar-refractivity contribution in [2.24, 2.45) is 0 Å². The topological polar surface area (TPSA) is 46.1 Å². The lowest BCUT2D eigenvalue weighted by Crippen LogP contribution is -2.45. The first-order valence-corrected chi connectivity index (χ1v) is 5.99. The molecular weight excluding hydrogens is 214 g/mol. The van der Waals surface area contributed by atoms with E-state index in [1.165, 1.54) is 6.33 Å². The summed E-state index contributed by atoms with van der Waals surface area (Å²) in [4.78, 5) is 21.9. The first kappa shape index (κ1) is 13.6. The minimum absolute atomic E-state index is 0.112. The molecule has 0 aromatic carbocycles. The van der Waals surface area contributed by atoms with Crippen LogP contribution in [0.3, 0.4) is 0 Å². The SMILES string of the molecule is CCN(C(=O)CCc1cncnc1)C(C)(C)C. The van der Waals surface area contributed by atoms with Crippen molar-refractivity contribution in [2.75, 3.05) is 6.54 Å². The molecule has 0 saturated carbocycles. The maximum atomic E-state index is 12.1. The van der Waals surface area contributed by atoms with E-state index >= 15 is 0 Å². The number of hydrogen-bond acceptors (Lipinski definition) is 3. The molecule has 4 heteroatoms. The van der Waals surface area contributed by atoms with Gasteiger partial charge in [-0.3, -0.25) is 4.79 Å². The van der Waals surface area contributed by atoms with Crippen LogP contribution < -0.4 is 0 Å². The predicted molar refractivity (Wildman–Crippen MR) is 67.5 cm³/mol. The molecule has 1 aromatic heterocycles. The molecule has 0 saturated heterocycles. The number of carbonyl (C=O) groups is 1. The fraction of sp³-hybridized carbons (Fsp3) is 0.615. The molecule has 0 fully saturated rings. The lowest BCUT2D eigenvalue weighted by Gasteiger charge is -2.35. The van der Waals surface area contributed by atoms with Gasteiger partial charge in [-0.2, -0.15) is 0 Å². The van der Waals surface area contributed by atoms with Crippen LogP contribution >= 0.6 is 0 Å². The van der Waals surface area contributed by atoms with E-state index in [-0.39, 0.29) is 11.4 Å². The van der Waals surface area contributed by atoms with Gasteiger partial charge in [-0.1, -0.05) is 0 Å². The number of aryl methyl sites for hydroxylation is 1. The van der Waals surface area contributed by atoms with E-state index in [2.05, 4.69) is 30.7 Å². The third-order valence-electron chi connectivity index (χ3n) is 2.67. The third-order valence-corrected chi connectivity index (χ3v) is 2.67. The van der Waals surface area contributed by atoms with Crippen molar-refractivity contribution in [3.63, 3.8) is 0 Å². The van der Waals surface area contributed by atoms with Gasteiger partial charge >= 0.3 is 0 Å². The molecule has 1 rings (SSSR count). The lowest BCUT2D eigenvalue weighted by atomic mass is 10.0. The molecule has 0 aliphatic heterocycles. The maximum absolute atomic E-state index is 12.1. The van der Waals surface area contributed by atoms with Crippen LogP contribution in [0.2, 0.25) is 0 Å². The van der Waals surface area contributed by atoms with Gasteiger partial charge in [-0.15, -0.1) is 0 Å². The quantitative estimate of drug-likeness (QED) is 0.802. The molecule has 0 atom stereocenters. The highest BCUT2D eigenvalue weighted by molar-refractivity contribution is 5.77. The average molecular weight is 235 g/mol. The Labute approximate surface area is 103 Å². The Morgan fingerprint density at radius 3 is 2.35 bits per heavy atom. The molecule has 4 nitrogen and oxygen atoms in total. The zero-order chi connectivity index (χ0) is 12.9. The third kappa shape index (κ3) is 4.13. The van der Waals surface area contributed by atoms with Crippen molar-refractivity contribution in [1.82, 2.24) is 14.9 Å². The van der Waals surface area contributed by atoms with E-state index in [0.29, 0.717) is 12.8 Å².